The second-order valence-corrected chi connectivity index (χ2v) is 5.33. The van der Waals surface area contributed by atoms with Gasteiger partial charge in [-0.1, -0.05) is 6.08 Å². The van der Waals surface area contributed by atoms with Gasteiger partial charge in [0.15, 0.2) is 0 Å². The molecule has 0 atom stereocenters. The highest BCUT2D eigenvalue weighted by Crippen LogP contribution is 2.19. The molecule has 0 aliphatic carbocycles. The van der Waals surface area contributed by atoms with E-state index in [1.54, 1.807) is 0 Å². The normalized spacial score (nSPS) is 14.1. The minimum absolute atomic E-state index is 0.00673. The zero-order valence-electron chi connectivity index (χ0n) is 12.3. The molecule has 1 aliphatic heterocycles. The first-order valence-corrected chi connectivity index (χ1v) is 7.13. The van der Waals surface area contributed by atoms with Crippen LogP contribution in [0, 0.1) is 0 Å². The number of carbonyl (C=O) groups excluding carboxylic acids is 1. The smallest absolute Gasteiger partial charge is 0.251 e. The quantitative estimate of drug-likeness (QED) is 0.806. The molecule has 108 valence electrons. The van der Waals surface area contributed by atoms with E-state index >= 15 is 0 Å². The van der Waals surface area contributed by atoms with Crippen LogP contribution in [0.3, 0.4) is 0 Å². The number of rotatable bonds is 6. The fourth-order valence-corrected chi connectivity index (χ4v) is 2.21. The van der Waals surface area contributed by atoms with Crippen molar-refractivity contribution in [2.24, 2.45) is 0 Å². The van der Waals surface area contributed by atoms with Crippen molar-refractivity contribution in [1.82, 2.24) is 10.2 Å². The summed E-state index contributed by atoms with van der Waals surface area (Å²) in [5, 5.41) is 2.95. The van der Waals surface area contributed by atoms with Gasteiger partial charge in [-0.05, 0) is 57.7 Å². The summed E-state index contributed by atoms with van der Waals surface area (Å²) < 4.78 is 0. The van der Waals surface area contributed by atoms with E-state index < -0.39 is 0 Å². The molecule has 1 heterocycles. The maximum Gasteiger partial charge on any atom is 0.251 e. The summed E-state index contributed by atoms with van der Waals surface area (Å²) in [6, 6.07) is 7.79. The third-order valence-corrected chi connectivity index (χ3v) is 3.35. The van der Waals surface area contributed by atoms with Gasteiger partial charge in [-0.3, -0.25) is 4.79 Å². The number of nitrogens with one attached hydrogen (secondary N) is 1. The Balaban J connectivity index is 1.82. The number of hydrogen-bond acceptors (Lipinski definition) is 3. The summed E-state index contributed by atoms with van der Waals surface area (Å²) in [5.74, 6) is 0.00673. The molecule has 1 aromatic carbocycles. The Morgan fingerprint density at radius 3 is 2.65 bits per heavy atom. The molecule has 4 heteroatoms. The molecule has 2 rings (SSSR count). The van der Waals surface area contributed by atoms with Gasteiger partial charge < -0.3 is 15.1 Å². The van der Waals surface area contributed by atoms with Gasteiger partial charge in [0.2, 0.25) is 0 Å². The standard InChI is InChI=1S/C16H23N3O/c1-18(2)11-5-10-17-16(20)14-6-8-15(9-7-14)19-12-3-4-13-19/h3,6-9,12H,4-5,10-11,13H2,1-2H3,(H,17,20). The molecule has 0 saturated carbocycles. The number of benzene rings is 1. The summed E-state index contributed by atoms with van der Waals surface area (Å²) >= 11 is 0. The Bertz CT molecular complexity index is 465. The van der Waals surface area contributed by atoms with Crippen molar-refractivity contribution in [1.29, 1.82) is 0 Å². The predicted molar refractivity (Wildman–Crippen MR) is 83.0 cm³/mol. The Kier molecular flexibility index (Phi) is 5.18. The average molecular weight is 273 g/mol. The molecule has 1 N–H and O–H groups in total. The van der Waals surface area contributed by atoms with E-state index in [1.165, 1.54) is 0 Å². The van der Waals surface area contributed by atoms with Crippen LogP contribution in [0.1, 0.15) is 23.2 Å². The van der Waals surface area contributed by atoms with Crippen molar-refractivity contribution in [2.75, 3.05) is 38.6 Å². The van der Waals surface area contributed by atoms with Gasteiger partial charge in [0.05, 0.1) is 0 Å². The molecule has 0 aromatic heterocycles. The van der Waals surface area contributed by atoms with Crippen LogP contribution in [0.25, 0.3) is 0 Å². The topological polar surface area (TPSA) is 35.6 Å². The molecule has 20 heavy (non-hydrogen) atoms. The van der Waals surface area contributed by atoms with Gasteiger partial charge >= 0.3 is 0 Å². The van der Waals surface area contributed by atoms with Crippen molar-refractivity contribution in [2.45, 2.75) is 12.8 Å². The fraction of sp³-hybridized carbons (Fsp3) is 0.438. The van der Waals surface area contributed by atoms with E-state index in [9.17, 15) is 4.79 Å². The summed E-state index contributed by atoms with van der Waals surface area (Å²) in [4.78, 5) is 16.3. The number of nitrogens with zero attached hydrogens (tertiary/aromatic N) is 2. The first kappa shape index (κ1) is 14.6. The maximum absolute atomic E-state index is 12.0. The highest BCUT2D eigenvalue weighted by molar-refractivity contribution is 5.94. The molecule has 0 unspecified atom stereocenters. The highest BCUT2D eigenvalue weighted by atomic mass is 16.1. The molecule has 1 aromatic rings. The molecule has 0 fully saturated rings. The Morgan fingerprint density at radius 1 is 1.30 bits per heavy atom. The van der Waals surface area contributed by atoms with Crippen molar-refractivity contribution < 1.29 is 4.79 Å². The molecule has 1 aliphatic rings. The second-order valence-electron chi connectivity index (χ2n) is 5.33. The number of amides is 1. The van der Waals surface area contributed by atoms with Gasteiger partial charge in [-0.15, -0.1) is 0 Å². The number of hydrogen-bond donors (Lipinski definition) is 1. The molecule has 0 spiro atoms. The lowest BCUT2D eigenvalue weighted by atomic mass is 10.2. The van der Waals surface area contributed by atoms with E-state index in [-0.39, 0.29) is 5.91 Å². The Morgan fingerprint density at radius 2 is 2.05 bits per heavy atom. The molecular formula is C16H23N3O. The minimum atomic E-state index is 0.00673. The van der Waals surface area contributed by atoms with Crippen LogP contribution in [0.15, 0.2) is 36.5 Å². The van der Waals surface area contributed by atoms with Crippen molar-refractivity contribution in [3.8, 4) is 0 Å². The van der Waals surface area contributed by atoms with Crippen LogP contribution in [0.4, 0.5) is 5.69 Å². The monoisotopic (exact) mass is 273 g/mol. The molecule has 4 nitrogen and oxygen atoms in total. The predicted octanol–water partition coefficient (Wildman–Crippen LogP) is 2.09. The van der Waals surface area contributed by atoms with Crippen LogP contribution in [0.5, 0.6) is 0 Å². The lowest BCUT2D eigenvalue weighted by Crippen LogP contribution is -2.27. The summed E-state index contributed by atoms with van der Waals surface area (Å²) in [6.45, 7) is 2.73. The van der Waals surface area contributed by atoms with Gasteiger partial charge in [-0.2, -0.15) is 0 Å². The highest BCUT2D eigenvalue weighted by Gasteiger charge is 2.09. The molecule has 0 saturated heterocycles. The largest absolute Gasteiger partial charge is 0.352 e. The SMILES string of the molecule is CN(C)CCCNC(=O)c1ccc(N2C=CCC2)cc1. The third kappa shape index (κ3) is 4.10. The van der Waals surface area contributed by atoms with E-state index in [0.717, 1.165) is 37.2 Å². The van der Waals surface area contributed by atoms with E-state index in [1.807, 2.05) is 38.4 Å². The number of anilines is 1. The van der Waals surface area contributed by atoms with Gasteiger partial charge in [0, 0.05) is 30.5 Å². The Hall–Kier alpha value is -1.81. The first-order valence-electron chi connectivity index (χ1n) is 7.13. The lowest BCUT2D eigenvalue weighted by molar-refractivity contribution is 0.0952. The molecule has 0 radical (unpaired) electrons. The summed E-state index contributed by atoms with van der Waals surface area (Å²) in [7, 11) is 4.07. The third-order valence-electron chi connectivity index (χ3n) is 3.35. The second kappa shape index (κ2) is 7.10. The van der Waals surface area contributed by atoms with Crippen LogP contribution in [0.2, 0.25) is 0 Å². The summed E-state index contributed by atoms with van der Waals surface area (Å²) in [6.07, 6.45) is 6.31. The van der Waals surface area contributed by atoms with E-state index in [4.69, 9.17) is 0 Å². The van der Waals surface area contributed by atoms with Crippen molar-refractivity contribution >= 4 is 11.6 Å². The van der Waals surface area contributed by atoms with Crippen LogP contribution < -0.4 is 10.2 Å². The number of carbonyl (C=O) groups is 1. The van der Waals surface area contributed by atoms with Crippen LogP contribution >= 0.6 is 0 Å². The zero-order valence-corrected chi connectivity index (χ0v) is 12.3. The van der Waals surface area contributed by atoms with Crippen molar-refractivity contribution in [3.63, 3.8) is 0 Å². The average Bonchev–Trinajstić information content (AvgIpc) is 2.97. The van der Waals surface area contributed by atoms with Crippen molar-refractivity contribution in [3.05, 3.63) is 42.1 Å². The minimum Gasteiger partial charge on any atom is -0.352 e. The molecular weight excluding hydrogens is 250 g/mol. The van der Waals surface area contributed by atoms with E-state index in [2.05, 4.69) is 27.4 Å². The van der Waals surface area contributed by atoms with Crippen LogP contribution in [-0.2, 0) is 0 Å². The lowest BCUT2D eigenvalue weighted by Gasteiger charge is -2.15. The zero-order chi connectivity index (χ0) is 14.4. The van der Waals surface area contributed by atoms with Gasteiger partial charge in [-0.25, -0.2) is 0 Å². The summed E-state index contributed by atoms with van der Waals surface area (Å²) in [5.41, 5.74) is 1.87. The fourth-order valence-electron chi connectivity index (χ4n) is 2.21. The van der Waals surface area contributed by atoms with Crippen LogP contribution in [-0.4, -0.2) is 44.5 Å². The van der Waals surface area contributed by atoms with Gasteiger partial charge in [0.1, 0.15) is 0 Å². The van der Waals surface area contributed by atoms with Gasteiger partial charge in [0.25, 0.3) is 5.91 Å². The molecule has 1 amide bonds. The Labute approximate surface area is 121 Å². The first-order chi connectivity index (χ1) is 9.66. The maximum atomic E-state index is 12.0. The molecule has 0 bridgehead atoms. The van der Waals surface area contributed by atoms with E-state index in [0.29, 0.717) is 6.54 Å².